The molecule has 4 heteroatoms. The fourth-order valence-corrected chi connectivity index (χ4v) is 3.61. The third-order valence-corrected chi connectivity index (χ3v) is 5.15. The van der Waals surface area contributed by atoms with Gasteiger partial charge in [0.05, 0.1) is 0 Å². The molecular weight excluding hydrogens is 278 g/mol. The summed E-state index contributed by atoms with van der Waals surface area (Å²) in [5, 5.41) is 7.80. The van der Waals surface area contributed by atoms with Crippen molar-refractivity contribution in [3.05, 3.63) is 35.9 Å². The van der Waals surface area contributed by atoms with E-state index in [9.17, 15) is 0 Å². The molecule has 1 aliphatic carbocycles. The van der Waals surface area contributed by atoms with Crippen molar-refractivity contribution in [1.82, 2.24) is 10.6 Å². The molecule has 1 aliphatic rings. The van der Waals surface area contributed by atoms with Crippen LogP contribution in [0.25, 0.3) is 0 Å². The lowest BCUT2D eigenvalue weighted by molar-refractivity contribution is 0.611. The second-order valence-electron chi connectivity index (χ2n) is 5.60. The monoisotopic (exact) mass is 305 g/mol. The quantitative estimate of drug-likeness (QED) is 0.482. The van der Waals surface area contributed by atoms with Crippen LogP contribution >= 0.6 is 11.8 Å². The first-order chi connectivity index (χ1) is 10.3. The maximum atomic E-state index is 4.33. The molecule has 2 rings (SSSR count). The van der Waals surface area contributed by atoms with Crippen LogP contribution in [-0.2, 0) is 6.42 Å². The number of aliphatic imine (C=N–C) groups is 1. The van der Waals surface area contributed by atoms with Gasteiger partial charge in [-0.1, -0.05) is 30.3 Å². The molecule has 2 N–H and O–H groups in total. The molecule has 3 nitrogen and oxygen atoms in total. The zero-order chi connectivity index (χ0) is 14.9. The van der Waals surface area contributed by atoms with Crippen molar-refractivity contribution in [2.24, 2.45) is 4.99 Å². The Balaban J connectivity index is 1.64. The topological polar surface area (TPSA) is 36.4 Å². The molecule has 0 spiro atoms. The minimum absolute atomic E-state index is 0.586. The predicted octanol–water partition coefficient (Wildman–Crippen LogP) is 3.07. The number of benzene rings is 1. The van der Waals surface area contributed by atoms with Gasteiger partial charge in [0.2, 0.25) is 0 Å². The highest BCUT2D eigenvalue weighted by atomic mass is 32.2. The number of guanidine groups is 1. The summed E-state index contributed by atoms with van der Waals surface area (Å²) in [6.45, 7) is 0.966. The van der Waals surface area contributed by atoms with Crippen molar-refractivity contribution in [1.29, 1.82) is 0 Å². The molecule has 2 atom stereocenters. The van der Waals surface area contributed by atoms with Gasteiger partial charge in [-0.2, -0.15) is 11.8 Å². The molecule has 0 saturated heterocycles. The number of nitrogens with zero attached hydrogens (tertiary/aromatic N) is 1. The van der Waals surface area contributed by atoms with Crippen molar-refractivity contribution < 1.29 is 0 Å². The molecule has 1 fully saturated rings. The fraction of sp³-hybridized carbons (Fsp3) is 0.588. The Morgan fingerprint density at radius 3 is 2.76 bits per heavy atom. The number of rotatable bonds is 6. The third kappa shape index (κ3) is 5.62. The van der Waals surface area contributed by atoms with Gasteiger partial charge >= 0.3 is 0 Å². The lowest BCUT2D eigenvalue weighted by atomic mass is 10.1. The second-order valence-corrected chi connectivity index (χ2v) is 6.74. The molecule has 1 saturated carbocycles. The van der Waals surface area contributed by atoms with Crippen molar-refractivity contribution in [2.45, 2.75) is 43.4 Å². The van der Waals surface area contributed by atoms with Crippen molar-refractivity contribution >= 4 is 17.7 Å². The van der Waals surface area contributed by atoms with Crippen LogP contribution in [0.4, 0.5) is 0 Å². The molecule has 1 aromatic carbocycles. The van der Waals surface area contributed by atoms with E-state index in [1.165, 1.54) is 24.8 Å². The van der Waals surface area contributed by atoms with Crippen LogP contribution in [0.15, 0.2) is 35.3 Å². The first kappa shape index (κ1) is 16.2. The van der Waals surface area contributed by atoms with E-state index in [-0.39, 0.29) is 0 Å². The van der Waals surface area contributed by atoms with Gasteiger partial charge in [-0.3, -0.25) is 4.99 Å². The minimum atomic E-state index is 0.586. The summed E-state index contributed by atoms with van der Waals surface area (Å²) in [5.41, 5.74) is 1.40. The highest BCUT2D eigenvalue weighted by molar-refractivity contribution is 7.99. The summed E-state index contributed by atoms with van der Waals surface area (Å²) in [5.74, 6) is 0.954. The van der Waals surface area contributed by atoms with E-state index in [0.717, 1.165) is 30.6 Å². The molecule has 2 unspecified atom stereocenters. The van der Waals surface area contributed by atoms with Crippen LogP contribution in [0.3, 0.4) is 0 Å². The van der Waals surface area contributed by atoms with Crippen molar-refractivity contribution in [3.8, 4) is 0 Å². The summed E-state index contributed by atoms with van der Waals surface area (Å²) >= 11 is 1.99. The molecule has 0 aliphatic heterocycles. The minimum Gasteiger partial charge on any atom is -0.356 e. The molecule has 0 amide bonds. The standard InChI is InChI=1S/C17H27N3S/c1-18-17(20-15-10-11-16(13-15)21-2)19-12-6-9-14-7-4-3-5-8-14/h3-5,7-8,15-16H,6,9-13H2,1-2H3,(H2,18,19,20). The van der Waals surface area contributed by atoms with Gasteiger partial charge in [-0.15, -0.1) is 0 Å². The third-order valence-electron chi connectivity index (χ3n) is 4.06. The molecule has 0 heterocycles. The Morgan fingerprint density at radius 2 is 2.10 bits per heavy atom. The number of aryl methyl sites for hydroxylation is 1. The summed E-state index contributed by atoms with van der Waals surface area (Å²) in [4.78, 5) is 4.33. The molecule has 21 heavy (non-hydrogen) atoms. The van der Waals surface area contributed by atoms with E-state index in [4.69, 9.17) is 0 Å². The molecule has 116 valence electrons. The summed E-state index contributed by atoms with van der Waals surface area (Å²) in [7, 11) is 1.85. The largest absolute Gasteiger partial charge is 0.356 e. The van der Waals surface area contributed by atoms with E-state index < -0.39 is 0 Å². The Bertz CT molecular complexity index is 433. The van der Waals surface area contributed by atoms with Gasteiger partial charge in [0.15, 0.2) is 5.96 Å². The first-order valence-corrected chi connectivity index (χ1v) is 9.14. The summed E-state index contributed by atoms with van der Waals surface area (Å²) in [6.07, 6.45) is 8.29. The lowest BCUT2D eigenvalue weighted by Gasteiger charge is -2.17. The van der Waals surface area contributed by atoms with Gasteiger partial charge in [0, 0.05) is 24.9 Å². The molecule has 0 bridgehead atoms. The van der Waals surface area contributed by atoms with E-state index in [1.54, 1.807) is 0 Å². The van der Waals surface area contributed by atoms with Crippen LogP contribution in [0.5, 0.6) is 0 Å². The Morgan fingerprint density at radius 1 is 1.29 bits per heavy atom. The number of nitrogens with one attached hydrogen (secondary N) is 2. The average molecular weight is 305 g/mol. The highest BCUT2D eigenvalue weighted by Crippen LogP contribution is 2.27. The normalized spacial score (nSPS) is 22.3. The lowest BCUT2D eigenvalue weighted by Crippen LogP contribution is -2.42. The Hall–Kier alpha value is -1.16. The highest BCUT2D eigenvalue weighted by Gasteiger charge is 2.24. The van der Waals surface area contributed by atoms with Gasteiger partial charge in [-0.25, -0.2) is 0 Å². The number of hydrogen-bond acceptors (Lipinski definition) is 2. The van der Waals surface area contributed by atoms with Gasteiger partial charge in [0.25, 0.3) is 0 Å². The zero-order valence-electron chi connectivity index (χ0n) is 13.1. The summed E-state index contributed by atoms with van der Waals surface area (Å²) in [6, 6.07) is 11.2. The van der Waals surface area contributed by atoms with Crippen LogP contribution in [0.2, 0.25) is 0 Å². The molecule has 1 aromatic rings. The van der Waals surface area contributed by atoms with E-state index in [1.807, 2.05) is 18.8 Å². The van der Waals surface area contributed by atoms with E-state index >= 15 is 0 Å². The Kier molecular flexibility index (Phi) is 6.93. The molecule has 0 radical (unpaired) electrons. The van der Waals surface area contributed by atoms with Crippen molar-refractivity contribution in [2.75, 3.05) is 19.8 Å². The molecular formula is C17H27N3S. The zero-order valence-corrected chi connectivity index (χ0v) is 14.0. The average Bonchev–Trinajstić information content (AvgIpc) is 2.99. The first-order valence-electron chi connectivity index (χ1n) is 7.85. The maximum absolute atomic E-state index is 4.33. The van der Waals surface area contributed by atoms with Crippen LogP contribution in [-0.4, -0.2) is 37.1 Å². The van der Waals surface area contributed by atoms with Crippen molar-refractivity contribution in [3.63, 3.8) is 0 Å². The molecule has 0 aromatic heterocycles. The smallest absolute Gasteiger partial charge is 0.191 e. The second kappa shape index (κ2) is 8.98. The van der Waals surface area contributed by atoms with Crippen LogP contribution in [0, 0.1) is 0 Å². The van der Waals surface area contributed by atoms with Gasteiger partial charge in [-0.05, 0) is 43.9 Å². The Labute approximate surface area is 133 Å². The van der Waals surface area contributed by atoms with Crippen LogP contribution in [0.1, 0.15) is 31.2 Å². The van der Waals surface area contributed by atoms with Gasteiger partial charge in [0.1, 0.15) is 0 Å². The van der Waals surface area contributed by atoms with E-state index in [0.29, 0.717) is 6.04 Å². The maximum Gasteiger partial charge on any atom is 0.191 e. The predicted molar refractivity (Wildman–Crippen MR) is 94.2 cm³/mol. The summed E-state index contributed by atoms with van der Waals surface area (Å²) < 4.78 is 0. The van der Waals surface area contributed by atoms with Gasteiger partial charge < -0.3 is 10.6 Å². The SMILES string of the molecule is CN=C(NCCCc1ccccc1)NC1CCC(SC)C1. The number of thioether (sulfide) groups is 1. The number of hydrogen-bond donors (Lipinski definition) is 2. The van der Waals surface area contributed by atoms with E-state index in [2.05, 4.69) is 52.2 Å². The fourth-order valence-electron chi connectivity index (χ4n) is 2.82. The van der Waals surface area contributed by atoms with Crippen LogP contribution < -0.4 is 10.6 Å².